The Morgan fingerprint density at radius 2 is 2.15 bits per heavy atom. The summed E-state index contributed by atoms with van der Waals surface area (Å²) < 4.78 is 11.1. The molecular formula is C19H26N4O3. The molecule has 7 heteroatoms. The number of hydrogen-bond donors (Lipinski definition) is 1. The van der Waals surface area contributed by atoms with Crippen LogP contribution in [0.3, 0.4) is 0 Å². The number of nitrogens with zero attached hydrogens (tertiary/aromatic N) is 3. The van der Waals surface area contributed by atoms with Crippen LogP contribution in [0.2, 0.25) is 0 Å². The van der Waals surface area contributed by atoms with Crippen molar-refractivity contribution in [3.05, 3.63) is 40.5 Å². The van der Waals surface area contributed by atoms with Crippen LogP contribution in [0.5, 0.6) is 0 Å². The van der Waals surface area contributed by atoms with Gasteiger partial charge < -0.3 is 19.5 Å². The molecule has 26 heavy (non-hydrogen) atoms. The van der Waals surface area contributed by atoms with E-state index in [1.807, 2.05) is 44.9 Å². The summed E-state index contributed by atoms with van der Waals surface area (Å²) in [6, 6.07) is 3.97. The van der Waals surface area contributed by atoms with Gasteiger partial charge in [0, 0.05) is 37.0 Å². The predicted octanol–water partition coefficient (Wildman–Crippen LogP) is 2.57. The zero-order valence-corrected chi connectivity index (χ0v) is 15.8. The van der Waals surface area contributed by atoms with Crippen molar-refractivity contribution in [3.8, 4) is 0 Å². The Labute approximate surface area is 153 Å². The average Bonchev–Trinajstić information content (AvgIpc) is 2.97. The zero-order valence-electron chi connectivity index (χ0n) is 15.8. The molecule has 0 bridgehead atoms. The number of morpholine rings is 1. The normalized spacial score (nSPS) is 17.4. The Morgan fingerprint density at radius 1 is 1.35 bits per heavy atom. The van der Waals surface area contributed by atoms with E-state index in [1.54, 1.807) is 0 Å². The fraction of sp³-hybridized carbons (Fsp3) is 0.526. The van der Waals surface area contributed by atoms with Gasteiger partial charge in [0.05, 0.1) is 24.5 Å². The van der Waals surface area contributed by atoms with Crippen LogP contribution in [-0.4, -0.2) is 47.7 Å². The lowest BCUT2D eigenvalue weighted by molar-refractivity contribution is -0.139. The summed E-state index contributed by atoms with van der Waals surface area (Å²) in [5.74, 6) is 0.915. The summed E-state index contributed by atoms with van der Waals surface area (Å²) in [7, 11) is 1.88. The highest BCUT2D eigenvalue weighted by molar-refractivity contribution is 5.76. The van der Waals surface area contributed by atoms with Crippen LogP contribution in [0.15, 0.2) is 16.7 Å². The minimum Gasteiger partial charge on any atom is -0.388 e. The minimum absolute atomic E-state index is 0.125. The van der Waals surface area contributed by atoms with Gasteiger partial charge in [0.25, 0.3) is 0 Å². The van der Waals surface area contributed by atoms with Crippen molar-refractivity contribution in [1.82, 2.24) is 15.0 Å². The molecule has 7 nitrogen and oxygen atoms in total. The SMILES string of the molecule is CNc1cc(C)nc(C2CN(C(=O)CCc3c(C)noc3C)CCO2)c1. The van der Waals surface area contributed by atoms with Crippen LogP contribution >= 0.6 is 0 Å². The summed E-state index contributed by atoms with van der Waals surface area (Å²) in [5.41, 5.74) is 4.67. The fourth-order valence-corrected chi connectivity index (χ4v) is 3.31. The highest BCUT2D eigenvalue weighted by atomic mass is 16.5. The first-order chi connectivity index (χ1) is 12.5. The van der Waals surface area contributed by atoms with E-state index in [0.29, 0.717) is 32.5 Å². The molecule has 0 aliphatic carbocycles. The van der Waals surface area contributed by atoms with Gasteiger partial charge in [-0.2, -0.15) is 0 Å². The molecule has 1 amide bonds. The molecule has 1 aliphatic heterocycles. The number of anilines is 1. The Morgan fingerprint density at radius 3 is 2.85 bits per heavy atom. The maximum Gasteiger partial charge on any atom is 0.223 e. The van der Waals surface area contributed by atoms with Crippen LogP contribution in [0.4, 0.5) is 5.69 Å². The predicted molar refractivity (Wildman–Crippen MR) is 98.1 cm³/mol. The van der Waals surface area contributed by atoms with Crippen molar-refractivity contribution in [1.29, 1.82) is 0 Å². The number of aryl methyl sites for hydroxylation is 3. The van der Waals surface area contributed by atoms with Crippen molar-refractivity contribution < 1.29 is 14.1 Å². The van der Waals surface area contributed by atoms with E-state index in [4.69, 9.17) is 9.26 Å². The van der Waals surface area contributed by atoms with Gasteiger partial charge >= 0.3 is 0 Å². The highest BCUT2D eigenvalue weighted by Gasteiger charge is 2.27. The highest BCUT2D eigenvalue weighted by Crippen LogP contribution is 2.24. The standard InChI is InChI=1S/C19H26N4O3/c1-12-9-15(20-4)10-17(21-12)18-11-23(7-8-25-18)19(24)6-5-16-13(2)22-26-14(16)3/h9-10,18H,5-8,11H2,1-4H3,(H,20,21). The summed E-state index contributed by atoms with van der Waals surface area (Å²) in [6.45, 7) is 7.41. The van der Waals surface area contributed by atoms with Crippen molar-refractivity contribution in [2.75, 3.05) is 32.1 Å². The molecule has 1 unspecified atom stereocenters. The number of nitrogens with one attached hydrogen (secondary N) is 1. The third-order valence-corrected chi connectivity index (χ3v) is 4.78. The van der Waals surface area contributed by atoms with Gasteiger partial charge in [-0.15, -0.1) is 0 Å². The van der Waals surface area contributed by atoms with Crippen molar-refractivity contribution in [2.24, 2.45) is 0 Å². The zero-order chi connectivity index (χ0) is 18.7. The lowest BCUT2D eigenvalue weighted by atomic mass is 10.1. The molecule has 0 radical (unpaired) electrons. The van der Waals surface area contributed by atoms with E-state index < -0.39 is 0 Å². The third-order valence-electron chi connectivity index (χ3n) is 4.78. The molecule has 1 aliphatic rings. The fourth-order valence-electron chi connectivity index (χ4n) is 3.31. The van der Waals surface area contributed by atoms with Gasteiger partial charge in [-0.05, 0) is 39.3 Å². The summed E-state index contributed by atoms with van der Waals surface area (Å²) >= 11 is 0. The summed E-state index contributed by atoms with van der Waals surface area (Å²) in [6.07, 6.45) is 0.895. The first-order valence-corrected chi connectivity index (χ1v) is 8.95. The second-order valence-corrected chi connectivity index (χ2v) is 6.67. The van der Waals surface area contributed by atoms with Crippen molar-refractivity contribution in [2.45, 2.75) is 39.7 Å². The monoisotopic (exact) mass is 358 g/mol. The molecule has 2 aromatic rings. The minimum atomic E-state index is -0.196. The molecule has 0 aromatic carbocycles. The molecule has 3 heterocycles. The number of pyridine rings is 1. The maximum absolute atomic E-state index is 12.7. The third kappa shape index (κ3) is 4.04. The lowest BCUT2D eigenvalue weighted by Gasteiger charge is -2.33. The van der Waals surface area contributed by atoms with E-state index in [1.165, 1.54) is 0 Å². The number of hydrogen-bond acceptors (Lipinski definition) is 6. The molecule has 1 N–H and O–H groups in total. The number of ether oxygens (including phenoxy) is 1. The molecule has 1 fully saturated rings. The summed E-state index contributed by atoms with van der Waals surface area (Å²) in [5, 5.41) is 7.09. The van der Waals surface area contributed by atoms with E-state index in [9.17, 15) is 4.79 Å². The van der Waals surface area contributed by atoms with Gasteiger partial charge in [-0.25, -0.2) is 0 Å². The quantitative estimate of drug-likeness (QED) is 0.885. The van der Waals surface area contributed by atoms with E-state index in [-0.39, 0.29) is 12.0 Å². The molecule has 0 spiro atoms. The van der Waals surface area contributed by atoms with Gasteiger partial charge in [-0.3, -0.25) is 9.78 Å². The Kier molecular flexibility index (Phi) is 5.56. The van der Waals surface area contributed by atoms with Crippen LogP contribution < -0.4 is 5.32 Å². The summed E-state index contributed by atoms with van der Waals surface area (Å²) in [4.78, 5) is 19.1. The number of rotatable bonds is 5. The molecule has 1 atom stereocenters. The Balaban J connectivity index is 1.64. The first kappa shape index (κ1) is 18.4. The Hall–Kier alpha value is -2.41. The molecule has 1 saturated heterocycles. The number of amides is 1. The molecule has 3 rings (SSSR count). The molecule has 0 saturated carbocycles. The van der Waals surface area contributed by atoms with Crippen molar-refractivity contribution >= 4 is 11.6 Å². The molecular weight excluding hydrogens is 332 g/mol. The van der Waals surface area contributed by atoms with E-state index >= 15 is 0 Å². The van der Waals surface area contributed by atoms with Gasteiger partial charge in [0.15, 0.2) is 0 Å². The van der Waals surface area contributed by atoms with Gasteiger partial charge in [0.1, 0.15) is 11.9 Å². The van der Waals surface area contributed by atoms with E-state index in [2.05, 4.69) is 15.5 Å². The van der Waals surface area contributed by atoms with Crippen LogP contribution in [0.1, 0.15) is 40.9 Å². The number of carbonyl (C=O) groups is 1. The van der Waals surface area contributed by atoms with Gasteiger partial charge in [0.2, 0.25) is 5.91 Å². The number of carbonyl (C=O) groups excluding carboxylic acids is 1. The van der Waals surface area contributed by atoms with Gasteiger partial charge in [-0.1, -0.05) is 5.16 Å². The molecule has 140 valence electrons. The second-order valence-electron chi connectivity index (χ2n) is 6.67. The first-order valence-electron chi connectivity index (χ1n) is 8.95. The maximum atomic E-state index is 12.7. The Bertz CT molecular complexity index is 768. The van der Waals surface area contributed by atoms with Crippen LogP contribution in [0, 0.1) is 20.8 Å². The lowest BCUT2D eigenvalue weighted by Crippen LogP contribution is -2.42. The largest absolute Gasteiger partial charge is 0.388 e. The van der Waals surface area contributed by atoms with E-state index in [0.717, 1.165) is 34.1 Å². The topological polar surface area (TPSA) is 80.5 Å². The molecule has 2 aromatic heterocycles. The van der Waals surface area contributed by atoms with Crippen LogP contribution in [-0.2, 0) is 16.0 Å². The number of aromatic nitrogens is 2. The van der Waals surface area contributed by atoms with Crippen LogP contribution in [0.25, 0.3) is 0 Å². The second kappa shape index (κ2) is 7.86. The average molecular weight is 358 g/mol. The van der Waals surface area contributed by atoms with Crippen molar-refractivity contribution in [3.63, 3.8) is 0 Å². The smallest absolute Gasteiger partial charge is 0.223 e.